The zero-order valence-corrected chi connectivity index (χ0v) is 12.4. The summed E-state index contributed by atoms with van der Waals surface area (Å²) in [7, 11) is 0. The Morgan fingerprint density at radius 1 is 1.08 bits per heavy atom. The molecule has 0 radical (unpaired) electrons. The Morgan fingerprint density at radius 3 is 2.12 bits per heavy atom. The number of hydrogen-bond acceptors (Lipinski definition) is 2. The number of carboxylic acids is 1. The van der Waals surface area contributed by atoms with Gasteiger partial charge in [0.05, 0.1) is 11.5 Å². The lowest BCUT2D eigenvalue weighted by molar-refractivity contribution is -0.268. The summed E-state index contributed by atoms with van der Waals surface area (Å²) in [6.45, 7) is -0.423. The topological polar surface area (TPSA) is 40.5 Å². The molecule has 0 unspecified atom stereocenters. The monoisotopic (exact) mass is 355 g/mol. The molecule has 134 valence electrons. The average molecular weight is 355 g/mol. The number of carbonyl (C=O) groups is 1. The van der Waals surface area contributed by atoms with Crippen molar-refractivity contribution in [1.82, 2.24) is 4.90 Å². The van der Waals surface area contributed by atoms with Gasteiger partial charge in [-0.25, -0.2) is 4.79 Å². The van der Waals surface area contributed by atoms with E-state index in [1.165, 1.54) is 24.3 Å². The van der Waals surface area contributed by atoms with Crippen LogP contribution in [0.4, 0.5) is 26.3 Å². The Kier molecular flexibility index (Phi) is 5.12. The van der Waals surface area contributed by atoms with Gasteiger partial charge in [0.1, 0.15) is 6.04 Å². The van der Waals surface area contributed by atoms with Crippen LogP contribution in [-0.4, -0.2) is 40.9 Å². The van der Waals surface area contributed by atoms with Crippen LogP contribution >= 0.6 is 0 Å². The molecule has 1 saturated heterocycles. The highest BCUT2D eigenvalue weighted by atomic mass is 19.4. The molecule has 0 spiro atoms. The molecule has 1 fully saturated rings. The predicted molar refractivity (Wildman–Crippen MR) is 72.4 cm³/mol. The van der Waals surface area contributed by atoms with Crippen molar-refractivity contribution < 1.29 is 36.2 Å². The fourth-order valence-electron chi connectivity index (χ4n) is 3.01. The first-order valence-corrected chi connectivity index (χ1v) is 7.20. The van der Waals surface area contributed by atoms with Crippen molar-refractivity contribution in [2.75, 3.05) is 6.54 Å². The number of alkyl halides is 6. The molecule has 2 atom stereocenters. The van der Waals surface area contributed by atoms with Gasteiger partial charge in [0.15, 0.2) is 0 Å². The Hall–Kier alpha value is -1.77. The van der Waals surface area contributed by atoms with Gasteiger partial charge in [0.25, 0.3) is 0 Å². The smallest absolute Gasteiger partial charge is 0.404 e. The van der Waals surface area contributed by atoms with Crippen molar-refractivity contribution in [2.24, 2.45) is 5.92 Å². The number of piperidine rings is 1. The van der Waals surface area contributed by atoms with Crippen molar-refractivity contribution >= 4 is 5.97 Å². The molecule has 1 heterocycles. The van der Waals surface area contributed by atoms with Gasteiger partial charge in [0.2, 0.25) is 0 Å². The molecule has 24 heavy (non-hydrogen) atoms. The fraction of sp³-hybridized carbons (Fsp3) is 0.533. The van der Waals surface area contributed by atoms with Crippen LogP contribution in [0, 0.1) is 5.92 Å². The Labute approximate surface area is 133 Å². The summed E-state index contributed by atoms with van der Waals surface area (Å²) in [6, 6.07) is 2.46. The first-order chi connectivity index (χ1) is 11.0. The summed E-state index contributed by atoms with van der Waals surface area (Å²) in [5, 5.41) is 8.79. The Balaban J connectivity index is 2.24. The summed E-state index contributed by atoms with van der Waals surface area (Å²) in [5.74, 6) is -3.64. The van der Waals surface area contributed by atoms with Gasteiger partial charge in [-0.3, -0.25) is 4.90 Å². The molecule has 0 aliphatic carbocycles. The van der Waals surface area contributed by atoms with Crippen LogP contribution in [0.5, 0.6) is 0 Å². The van der Waals surface area contributed by atoms with Gasteiger partial charge >= 0.3 is 18.3 Å². The van der Waals surface area contributed by atoms with Crippen LogP contribution in [0.15, 0.2) is 24.3 Å². The molecule has 0 bridgehead atoms. The van der Waals surface area contributed by atoms with E-state index < -0.39 is 36.7 Å². The first kappa shape index (κ1) is 18.6. The van der Waals surface area contributed by atoms with E-state index in [1.807, 2.05) is 0 Å². The molecule has 2 rings (SSSR count). The lowest BCUT2D eigenvalue weighted by Crippen LogP contribution is -2.57. The molecule has 1 aliphatic rings. The van der Waals surface area contributed by atoms with E-state index in [2.05, 4.69) is 0 Å². The minimum absolute atomic E-state index is 0.0178. The molecule has 1 aromatic carbocycles. The van der Waals surface area contributed by atoms with Crippen LogP contribution in [0.3, 0.4) is 0 Å². The molecular formula is C15H15F6NO2. The van der Waals surface area contributed by atoms with Crippen molar-refractivity contribution in [3.05, 3.63) is 35.4 Å². The lowest BCUT2D eigenvalue weighted by atomic mass is 9.87. The van der Waals surface area contributed by atoms with E-state index in [9.17, 15) is 31.1 Å². The summed E-state index contributed by atoms with van der Waals surface area (Å²) < 4.78 is 78.6. The first-order valence-electron chi connectivity index (χ1n) is 7.20. The number of nitrogens with zero attached hydrogens (tertiary/aromatic N) is 1. The van der Waals surface area contributed by atoms with Crippen molar-refractivity contribution in [3.63, 3.8) is 0 Å². The molecule has 9 heteroatoms. The van der Waals surface area contributed by atoms with E-state index in [-0.39, 0.29) is 25.1 Å². The molecule has 1 aromatic rings. The van der Waals surface area contributed by atoms with Gasteiger partial charge in [0, 0.05) is 6.54 Å². The van der Waals surface area contributed by atoms with Crippen LogP contribution < -0.4 is 0 Å². The van der Waals surface area contributed by atoms with E-state index in [1.54, 1.807) is 0 Å². The second-order valence-corrected chi connectivity index (χ2v) is 5.75. The maximum atomic E-state index is 13.2. The van der Waals surface area contributed by atoms with Crippen LogP contribution in [0.2, 0.25) is 0 Å². The number of halogens is 6. The van der Waals surface area contributed by atoms with E-state index >= 15 is 0 Å². The SMILES string of the molecule is O=C(O)c1ccc(CN2CCC[C@H](C(F)(F)F)[C@@H]2C(F)(F)F)cc1. The zero-order valence-electron chi connectivity index (χ0n) is 12.4. The number of likely N-dealkylation sites (tertiary alicyclic amines) is 1. The van der Waals surface area contributed by atoms with Gasteiger partial charge in [-0.2, -0.15) is 26.3 Å². The molecular weight excluding hydrogens is 340 g/mol. The highest BCUT2D eigenvalue weighted by Gasteiger charge is 2.58. The maximum absolute atomic E-state index is 13.2. The average Bonchev–Trinajstić information content (AvgIpc) is 2.45. The second kappa shape index (κ2) is 6.62. The summed E-state index contributed by atoms with van der Waals surface area (Å²) >= 11 is 0. The molecule has 0 aromatic heterocycles. The van der Waals surface area contributed by atoms with Crippen molar-refractivity contribution in [2.45, 2.75) is 37.8 Å². The standard InChI is InChI=1S/C15H15F6NO2/c16-14(17,18)11-2-1-7-22(12(11)15(19,20)21)8-9-3-5-10(6-4-9)13(23)24/h3-6,11-12H,1-2,7-8H2,(H,23,24)/t11-,12+/m0/s1. The van der Waals surface area contributed by atoms with E-state index in [4.69, 9.17) is 5.11 Å². The predicted octanol–water partition coefficient (Wildman–Crippen LogP) is 4.09. The molecule has 1 N–H and O–H groups in total. The normalized spacial score (nSPS) is 23.2. The molecule has 0 amide bonds. The van der Waals surface area contributed by atoms with E-state index in [0.717, 1.165) is 4.90 Å². The number of aromatic carboxylic acids is 1. The third-order valence-electron chi connectivity index (χ3n) is 4.08. The minimum atomic E-state index is -5.00. The minimum Gasteiger partial charge on any atom is -0.478 e. The lowest BCUT2D eigenvalue weighted by Gasteiger charge is -2.42. The summed E-state index contributed by atoms with van der Waals surface area (Å²) in [5.41, 5.74) is 0.287. The van der Waals surface area contributed by atoms with Gasteiger partial charge in [-0.15, -0.1) is 0 Å². The van der Waals surface area contributed by atoms with Crippen LogP contribution in [-0.2, 0) is 6.54 Å². The zero-order chi connectivity index (χ0) is 18.1. The van der Waals surface area contributed by atoms with Crippen LogP contribution in [0.25, 0.3) is 0 Å². The number of benzene rings is 1. The number of carboxylic acid groups (broad SMARTS) is 1. The number of rotatable bonds is 3. The largest absolute Gasteiger partial charge is 0.478 e. The van der Waals surface area contributed by atoms with Gasteiger partial charge in [-0.05, 0) is 37.1 Å². The second-order valence-electron chi connectivity index (χ2n) is 5.75. The summed E-state index contributed by atoms with van der Waals surface area (Å²) in [4.78, 5) is 11.5. The van der Waals surface area contributed by atoms with E-state index in [0.29, 0.717) is 5.56 Å². The molecule has 0 saturated carbocycles. The summed E-state index contributed by atoms with van der Waals surface area (Å²) in [6.07, 6.45) is -10.5. The Morgan fingerprint density at radius 2 is 1.67 bits per heavy atom. The molecule has 3 nitrogen and oxygen atoms in total. The third kappa shape index (κ3) is 4.19. The maximum Gasteiger partial charge on any atom is 0.404 e. The molecule has 1 aliphatic heterocycles. The fourth-order valence-corrected chi connectivity index (χ4v) is 3.01. The van der Waals surface area contributed by atoms with Gasteiger partial charge in [-0.1, -0.05) is 12.1 Å². The van der Waals surface area contributed by atoms with Crippen LogP contribution in [0.1, 0.15) is 28.8 Å². The highest BCUT2D eigenvalue weighted by molar-refractivity contribution is 5.87. The Bertz CT molecular complexity index is 581. The third-order valence-corrected chi connectivity index (χ3v) is 4.08. The highest BCUT2D eigenvalue weighted by Crippen LogP contribution is 2.44. The quantitative estimate of drug-likeness (QED) is 0.831. The van der Waals surface area contributed by atoms with Crippen molar-refractivity contribution in [1.29, 1.82) is 0 Å². The van der Waals surface area contributed by atoms with Gasteiger partial charge < -0.3 is 5.11 Å². The number of hydrogen-bond donors (Lipinski definition) is 1. The van der Waals surface area contributed by atoms with Crippen molar-refractivity contribution in [3.8, 4) is 0 Å².